The van der Waals surface area contributed by atoms with E-state index in [1.54, 1.807) is 11.3 Å². The van der Waals surface area contributed by atoms with Gasteiger partial charge in [-0.1, -0.05) is 0 Å². The highest BCUT2D eigenvalue weighted by Gasteiger charge is 2.20. The lowest BCUT2D eigenvalue weighted by molar-refractivity contribution is -0.133. The lowest BCUT2D eigenvalue weighted by Crippen LogP contribution is -2.48. The zero-order valence-corrected chi connectivity index (χ0v) is 11.4. The summed E-state index contributed by atoms with van der Waals surface area (Å²) in [6.07, 6.45) is 1.05. The van der Waals surface area contributed by atoms with Gasteiger partial charge in [0.2, 0.25) is 5.91 Å². The zero-order chi connectivity index (χ0) is 12.8. The molecule has 0 spiro atoms. The number of carbonyl (C=O) groups excluding carboxylic acids is 1. The second kappa shape index (κ2) is 6.87. The Morgan fingerprint density at radius 3 is 2.72 bits per heavy atom. The molecule has 1 amide bonds. The number of hydrogen-bond acceptors (Lipinski definition) is 4. The van der Waals surface area contributed by atoms with Gasteiger partial charge in [-0.15, -0.1) is 0 Å². The normalized spacial score (nSPS) is 17.1. The quantitative estimate of drug-likeness (QED) is 0.871. The third kappa shape index (κ3) is 3.80. The van der Waals surface area contributed by atoms with Crippen molar-refractivity contribution in [1.29, 1.82) is 0 Å². The Bertz CT molecular complexity index is 359. The molecule has 1 aromatic heterocycles. The lowest BCUT2D eigenvalue weighted by atomic mass is 10.2. The number of aliphatic hydroxyl groups excluding tert-OH is 1. The summed E-state index contributed by atoms with van der Waals surface area (Å²) in [4.78, 5) is 16.1. The number of amides is 1. The van der Waals surface area contributed by atoms with Crippen LogP contribution in [0.2, 0.25) is 0 Å². The monoisotopic (exact) mass is 268 g/mol. The number of aliphatic hydroxyl groups is 1. The van der Waals surface area contributed by atoms with Gasteiger partial charge >= 0.3 is 0 Å². The molecule has 0 saturated carbocycles. The Hall–Kier alpha value is -0.910. The summed E-state index contributed by atoms with van der Waals surface area (Å²) in [7, 11) is 0. The van der Waals surface area contributed by atoms with Gasteiger partial charge < -0.3 is 10.0 Å². The van der Waals surface area contributed by atoms with Gasteiger partial charge in [-0.2, -0.15) is 11.3 Å². The van der Waals surface area contributed by atoms with E-state index in [2.05, 4.69) is 21.7 Å². The van der Waals surface area contributed by atoms with Crippen LogP contribution in [-0.4, -0.2) is 53.6 Å². The molecule has 5 heteroatoms. The van der Waals surface area contributed by atoms with E-state index in [0.29, 0.717) is 12.8 Å². The van der Waals surface area contributed by atoms with Crippen LogP contribution in [0, 0.1) is 0 Å². The summed E-state index contributed by atoms with van der Waals surface area (Å²) in [6, 6.07) is 2.16. The van der Waals surface area contributed by atoms with E-state index in [0.717, 1.165) is 32.7 Å². The van der Waals surface area contributed by atoms with Crippen LogP contribution in [0.15, 0.2) is 16.8 Å². The van der Waals surface area contributed by atoms with Crippen LogP contribution < -0.4 is 0 Å². The summed E-state index contributed by atoms with van der Waals surface area (Å²) in [6.45, 7) is 4.61. The Kier molecular flexibility index (Phi) is 5.16. The van der Waals surface area contributed by atoms with Crippen molar-refractivity contribution >= 4 is 17.2 Å². The first-order chi connectivity index (χ1) is 8.79. The number of rotatable bonds is 5. The van der Waals surface area contributed by atoms with Gasteiger partial charge in [0.15, 0.2) is 0 Å². The molecule has 1 aromatic rings. The van der Waals surface area contributed by atoms with Crippen molar-refractivity contribution in [2.24, 2.45) is 0 Å². The fourth-order valence-electron chi connectivity index (χ4n) is 2.18. The Balaban J connectivity index is 1.72. The maximum atomic E-state index is 11.8. The van der Waals surface area contributed by atoms with E-state index in [-0.39, 0.29) is 12.5 Å². The topological polar surface area (TPSA) is 43.8 Å². The molecule has 18 heavy (non-hydrogen) atoms. The zero-order valence-electron chi connectivity index (χ0n) is 10.5. The molecule has 0 aromatic carbocycles. The first-order valence-corrected chi connectivity index (χ1v) is 7.36. The third-order valence-electron chi connectivity index (χ3n) is 3.26. The van der Waals surface area contributed by atoms with Crippen molar-refractivity contribution in [3.8, 4) is 0 Å². The van der Waals surface area contributed by atoms with E-state index in [4.69, 9.17) is 5.11 Å². The highest BCUT2D eigenvalue weighted by atomic mass is 32.1. The summed E-state index contributed by atoms with van der Waals surface area (Å²) in [5.41, 5.74) is 1.36. The maximum Gasteiger partial charge on any atom is 0.222 e. The lowest BCUT2D eigenvalue weighted by Gasteiger charge is -2.34. The predicted molar refractivity (Wildman–Crippen MR) is 72.5 cm³/mol. The average molecular weight is 268 g/mol. The Labute approximate surface area is 112 Å². The van der Waals surface area contributed by atoms with Gasteiger partial charge in [0.25, 0.3) is 0 Å². The van der Waals surface area contributed by atoms with Gasteiger partial charge in [0, 0.05) is 45.8 Å². The number of piperazine rings is 1. The number of nitrogens with zero attached hydrogens (tertiary/aromatic N) is 2. The molecule has 2 heterocycles. The van der Waals surface area contributed by atoms with Crippen LogP contribution in [-0.2, 0) is 11.3 Å². The number of thiophene rings is 1. The van der Waals surface area contributed by atoms with Crippen LogP contribution in [0.25, 0.3) is 0 Å². The van der Waals surface area contributed by atoms with Crippen molar-refractivity contribution in [2.45, 2.75) is 19.4 Å². The molecular weight excluding hydrogens is 248 g/mol. The molecule has 2 rings (SSSR count). The van der Waals surface area contributed by atoms with Gasteiger partial charge in [-0.25, -0.2) is 0 Å². The Morgan fingerprint density at radius 1 is 1.33 bits per heavy atom. The highest BCUT2D eigenvalue weighted by Crippen LogP contribution is 2.12. The van der Waals surface area contributed by atoms with E-state index in [1.165, 1.54) is 5.56 Å². The molecule has 0 bridgehead atoms. The molecule has 1 aliphatic rings. The van der Waals surface area contributed by atoms with Crippen molar-refractivity contribution < 1.29 is 9.90 Å². The van der Waals surface area contributed by atoms with E-state index < -0.39 is 0 Å². The number of carbonyl (C=O) groups is 1. The first-order valence-electron chi connectivity index (χ1n) is 6.41. The molecule has 100 valence electrons. The van der Waals surface area contributed by atoms with Crippen molar-refractivity contribution in [2.75, 3.05) is 32.8 Å². The molecule has 0 unspecified atom stereocenters. The smallest absolute Gasteiger partial charge is 0.222 e. The van der Waals surface area contributed by atoms with Gasteiger partial charge in [-0.3, -0.25) is 9.69 Å². The number of hydrogen-bond donors (Lipinski definition) is 1. The third-order valence-corrected chi connectivity index (χ3v) is 3.99. The van der Waals surface area contributed by atoms with Crippen LogP contribution in [0.1, 0.15) is 18.4 Å². The van der Waals surface area contributed by atoms with Gasteiger partial charge in [-0.05, 0) is 28.8 Å². The van der Waals surface area contributed by atoms with Crippen LogP contribution in [0.5, 0.6) is 0 Å². The largest absolute Gasteiger partial charge is 0.396 e. The Morgan fingerprint density at radius 2 is 2.11 bits per heavy atom. The van der Waals surface area contributed by atoms with Crippen molar-refractivity contribution in [1.82, 2.24) is 9.80 Å². The van der Waals surface area contributed by atoms with Crippen LogP contribution >= 0.6 is 11.3 Å². The molecular formula is C13H20N2O2S. The summed E-state index contributed by atoms with van der Waals surface area (Å²) in [5.74, 6) is 0.180. The minimum absolute atomic E-state index is 0.101. The summed E-state index contributed by atoms with van der Waals surface area (Å²) in [5, 5.41) is 13.0. The minimum Gasteiger partial charge on any atom is -0.396 e. The van der Waals surface area contributed by atoms with E-state index >= 15 is 0 Å². The van der Waals surface area contributed by atoms with Crippen LogP contribution in [0.4, 0.5) is 0 Å². The molecule has 1 aliphatic heterocycles. The molecule has 1 saturated heterocycles. The molecule has 0 atom stereocenters. The standard InChI is InChI=1S/C13H20N2O2S/c16-8-1-2-13(17)15-6-4-14(5-7-15)10-12-3-9-18-11-12/h3,9,11,16H,1-2,4-8,10H2. The minimum atomic E-state index is 0.101. The second-order valence-electron chi connectivity index (χ2n) is 4.62. The van der Waals surface area contributed by atoms with Crippen molar-refractivity contribution in [3.05, 3.63) is 22.4 Å². The molecule has 4 nitrogen and oxygen atoms in total. The molecule has 1 fully saturated rings. The fourth-order valence-corrected chi connectivity index (χ4v) is 2.84. The maximum absolute atomic E-state index is 11.8. The van der Waals surface area contributed by atoms with Crippen LogP contribution in [0.3, 0.4) is 0 Å². The van der Waals surface area contributed by atoms with E-state index in [1.807, 2.05) is 4.90 Å². The molecule has 0 radical (unpaired) electrons. The summed E-state index contributed by atoms with van der Waals surface area (Å²) >= 11 is 1.73. The van der Waals surface area contributed by atoms with Crippen molar-refractivity contribution in [3.63, 3.8) is 0 Å². The summed E-state index contributed by atoms with van der Waals surface area (Å²) < 4.78 is 0. The predicted octanol–water partition coefficient (Wildman–Crippen LogP) is 1.16. The molecule has 1 N–H and O–H groups in total. The van der Waals surface area contributed by atoms with E-state index in [9.17, 15) is 4.79 Å². The SMILES string of the molecule is O=C(CCCO)N1CCN(Cc2ccsc2)CC1. The van der Waals surface area contributed by atoms with Gasteiger partial charge in [0.1, 0.15) is 0 Å². The second-order valence-corrected chi connectivity index (χ2v) is 5.40. The molecule has 0 aliphatic carbocycles. The average Bonchev–Trinajstić information content (AvgIpc) is 2.89. The fraction of sp³-hybridized carbons (Fsp3) is 0.615. The highest BCUT2D eigenvalue weighted by molar-refractivity contribution is 7.07. The van der Waals surface area contributed by atoms with Gasteiger partial charge in [0.05, 0.1) is 0 Å². The first kappa shape index (κ1) is 13.5.